The molecule has 146 valence electrons. The minimum absolute atomic E-state index is 0.213. The van der Waals surface area contributed by atoms with E-state index in [1.165, 1.54) is 25.4 Å². The second-order valence-corrected chi connectivity index (χ2v) is 9.04. The number of benzene rings is 2. The van der Waals surface area contributed by atoms with E-state index in [2.05, 4.69) is 10.3 Å². The van der Waals surface area contributed by atoms with Crippen molar-refractivity contribution in [1.29, 1.82) is 0 Å². The molecule has 0 aliphatic heterocycles. The molecule has 0 atom stereocenters. The van der Waals surface area contributed by atoms with Crippen LogP contribution in [0.1, 0.15) is 10.4 Å². The number of thiazole rings is 1. The van der Waals surface area contributed by atoms with Crippen LogP contribution in [0.5, 0.6) is 5.75 Å². The molecule has 28 heavy (non-hydrogen) atoms. The van der Waals surface area contributed by atoms with Gasteiger partial charge in [0.1, 0.15) is 5.75 Å². The van der Waals surface area contributed by atoms with Crippen molar-refractivity contribution in [2.75, 3.05) is 26.5 Å². The van der Waals surface area contributed by atoms with Crippen LogP contribution in [0.3, 0.4) is 0 Å². The number of aromatic nitrogens is 1. The van der Waals surface area contributed by atoms with Crippen molar-refractivity contribution in [1.82, 2.24) is 9.29 Å². The van der Waals surface area contributed by atoms with Crippen LogP contribution in [-0.4, -0.2) is 44.8 Å². The van der Waals surface area contributed by atoms with Gasteiger partial charge < -0.3 is 4.74 Å². The van der Waals surface area contributed by atoms with Crippen molar-refractivity contribution < 1.29 is 17.9 Å². The number of sulfonamides is 1. The normalized spacial score (nSPS) is 11.4. The minimum atomic E-state index is -3.47. The van der Waals surface area contributed by atoms with Crippen molar-refractivity contribution in [3.8, 4) is 17.0 Å². The summed E-state index contributed by atoms with van der Waals surface area (Å²) < 4.78 is 30.5. The molecule has 3 aromatic rings. The summed E-state index contributed by atoms with van der Waals surface area (Å²) in [5.41, 5.74) is 1.92. The Morgan fingerprint density at radius 1 is 1.07 bits per heavy atom. The molecule has 0 radical (unpaired) electrons. The predicted molar refractivity (Wildman–Crippen MR) is 109 cm³/mol. The molecule has 3 rings (SSSR count). The van der Waals surface area contributed by atoms with E-state index in [9.17, 15) is 13.2 Å². The largest absolute Gasteiger partial charge is 0.497 e. The van der Waals surface area contributed by atoms with Crippen molar-refractivity contribution in [3.63, 3.8) is 0 Å². The highest BCUT2D eigenvalue weighted by atomic mass is 32.2. The molecule has 1 amide bonds. The number of amides is 1. The van der Waals surface area contributed by atoms with E-state index in [1.54, 1.807) is 61.0 Å². The highest BCUT2D eigenvalue weighted by Crippen LogP contribution is 2.26. The maximum absolute atomic E-state index is 12.3. The Bertz CT molecular complexity index is 1070. The highest BCUT2D eigenvalue weighted by molar-refractivity contribution is 7.89. The number of anilines is 1. The number of rotatable bonds is 6. The molecule has 1 aromatic heterocycles. The fourth-order valence-corrected chi connectivity index (χ4v) is 4.00. The van der Waals surface area contributed by atoms with E-state index in [1.807, 2.05) is 0 Å². The number of carbonyl (C=O) groups is 1. The molecular formula is C19H19N3O4S2. The van der Waals surface area contributed by atoms with E-state index in [4.69, 9.17) is 4.74 Å². The zero-order valence-corrected chi connectivity index (χ0v) is 17.2. The Kier molecular flexibility index (Phi) is 5.78. The van der Waals surface area contributed by atoms with E-state index in [0.717, 1.165) is 9.87 Å². The summed E-state index contributed by atoms with van der Waals surface area (Å²) in [7, 11) is 1.07. The lowest BCUT2D eigenvalue weighted by Gasteiger charge is -2.11. The molecule has 0 aliphatic carbocycles. The van der Waals surface area contributed by atoms with Crippen molar-refractivity contribution in [2.24, 2.45) is 0 Å². The average molecular weight is 418 g/mol. The van der Waals surface area contributed by atoms with Crippen LogP contribution in [0.15, 0.2) is 58.8 Å². The smallest absolute Gasteiger partial charge is 0.257 e. The van der Waals surface area contributed by atoms with Crippen LogP contribution in [-0.2, 0) is 10.0 Å². The van der Waals surface area contributed by atoms with E-state index in [-0.39, 0.29) is 10.8 Å². The third kappa shape index (κ3) is 4.22. The Labute approximate surface area is 167 Å². The molecule has 9 heteroatoms. The van der Waals surface area contributed by atoms with E-state index >= 15 is 0 Å². The van der Waals surface area contributed by atoms with Crippen LogP contribution in [0.4, 0.5) is 5.13 Å². The number of methoxy groups -OCH3 is 1. The Morgan fingerprint density at radius 2 is 1.71 bits per heavy atom. The van der Waals surface area contributed by atoms with Gasteiger partial charge in [-0.2, -0.15) is 0 Å². The number of ether oxygens (including phenoxy) is 1. The molecule has 1 heterocycles. The first-order valence-electron chi connectivity index (χ1n) is 8.25. The van der Waals surface area contributed by atoms with Gasteiger partial charge in [0.2, 0.25) is 10.0 Å². The first-order chi connectivity index (χ1) is 13.3. The molecule has 0 saturated carbocycles. The Hall–Kier alpha value is -2.75. The molecule has 1 N–H and O–H groups in total. The molecule has 0 spiro atoms. The van der Waals surface area contributed by atoms with Gasteiger partial charge in [-0.15, -0.1) is 11.3 Å². The summed E-state index contributed by atoms with van der Waals surface area (Å²) >= 11 is 1.30. The van der Waals surface area contributed by atoms with E-state index in [0.29, 0.717) is 22.1 Å². The Morgan fingerprint density at radius 3 is 2.29 bits per heavy atom. The molecule has 0 fully saturated rings. The number of nitrogens with zero attached hydrogens (tertiary/aromatic N) is 2. The van der Waals surface area contributed by atoms with Gasteiger partial charge in [0, 0.05) is 30.6 Å². The topological polar surface area (TPSA) is 88.6 Å². The van der Waals surface area contributed by atoms with Gasteiger partial charge in [-0.25, -0.2) is 17.7 Å². The zero-order valence-electron chi connectivity index (χ0n) is 15.5. The second-order valence-electron chi connectivity index (χ2n) is 6.03. The third-order valence-corrected chi connectivity index (χ3v) is 6.59. The van der Waals surface area contributed by atoms with Crippen LogP contribution >= 0.6 is 11.3 Å². The maximum Gasteiger partial charge on any atom is 0.257 e. The summed E-state index contributed by atoms with van der Waals surface area (Å²) in [6.07, 6.45) is 0. The number of carbonyl (C=O) groups excluding carboxylic acids is 1. The van der Waals surface area contributed by atoms with Crippen LogP contribution in [0.25, 0.3) is 11.3 Å². The molecule has 7 nitrogen and oxygen atoms in total. The quantitative estimate of drug-likeness (QED) is 0.665. The molecule has 0 bridgehead atoms. The van der Waals surface area contributed by atoms with Crippen molar-refractivity contribution in [2.45, 2.75) is 4.90 Å². The Balaban J connectivity index is 1.74. The predicted octanol–water partition coefficient (Wildman–Crippen LogP) is 3.32. The summed E-state index contributed by atoms with van der Waals surface area (Å²) in [6, 6.07) is 13.2. The van der Waals surface area contributed by atoms with Gasteiger partial charge in [-0.1, -0.05) is 12.1 Å². The number of nitrogens with one attached hydrogen (secondary N) is 1. The van der Waals surface area contributed by atoms with E-state index < -0.39 is 10.0 Å². The maximum atomic E-state index is 12.3. The minimum Gasteiger partial charge on any atom is -0.497 e. The highest BCUT2D eigenvalue weighted by Gasteiger charge is 2.17. The first-order valence-corrected chi connectivity index (χ1v) is 10.6. The van der Waals surface area contributed by atoms with Crippen LogP contribution < -0.4 is 10.1 Å². The van der Waals surface area contributed by atoms with Crippen LogP contribution in [0.2, 0.25) is 0 Å². The summed E-state index contributed by atoms with van der Waals surface area (Å²) in [5.74, 6) is 0.406. The van der Waals surface area contributed by atoms with Gasteiger partial charge in [-0.3, -0.25) is 10.1 Å². The fourth-order valence-electron chi connectivity index (χ4n) is 2.38. The summed E-state index contributed by atoms with van der Waals surface area (Å²) in [4.78, 5) is 16.9. The summed E-state index contributed by atoms with van der Waals surface area (Å²) in [5, 5.41) is 5.03. The van der Waals surface area contributed by atoms with Gasteiger partial charge in [0.25, 0.3) is 5.91 Å². The lowest BCUT2D eigenvalue weighted by molar-refractivity contribution is 0.102. The first kappa shape index (κ1) is 20.0. The molecule has 0 saturated heterocycles. The number of hydrogen-bond acceptors (Lipinski definition) is 6. The molecular weight excluding hydrogens is 398 g/mol. The van der Waals surface area contributed by atoms with Gasteiger partial charge in [0.15, 0.2) is 5.13 Å². The van der Waals surface area contributed by atoms with Crippen molar-refractivity contribution in [3.05, 3.63) is 59.5 Å². The van der Waals surface area contributed by atoms with Crippen LogP contribution in [0, 0.1) is 0 Å². The lowest BCUT2D eigenvalue weighted by atomic mass is 10.2. The van der Waals surface area contributed by atoms with Gasteiger partial charge in [0.05, 0.1) is 17.7 Å². The third-order valence-electron chi connectivity index (χ3n) is 4.01. The molecule has 0 unspecified atom stereocenters. The lowest BCUT2D eigenvalue weighted by Crippen LogP contribution is -2.22. The SMILES string of the molecule is COc1ccc(C(=O)Nc2nc(-c3ccc(S(=O)(=O)N(C)C)cc3)cs2)cc1. The standard InChI is InChI=1S/C19H19N3O4S2/c1-22(2)28(24,25)16-10-6-13(7-11-16)17-12-27-19(20-17)21-18(23)14-4-8-15(26-3)9-5-14/h4-12H,1-3H3,(H,20,21,23). The summed E-state index contributed by atoms with van der Waals surface area (Å²) in [6.45, 7) is 0. The number of hydrogen-bond donors (Lipinski definition) is 1. The molecule has 2 aromatic carbocycles. The van der Waals surface area contributed by atoms with Gasteiger partial charge in [-0.05, 0) is 36.4 Å². The fraction of sp³-hybridized carbons (Fsp3) is 0.158. The second kappa shape index (κ2) is 8.09. The average Bonchev–Trinajstić information content (AvgIpc) is 3.16. The van der Waals surface area contributed by atoms with Gasteiger partial charge >= 0.3 is 0 Å². The van der Waals surface area contributed by atoms with Crippen molar-refractivity contribution >= 4 is 32.4 Å². The monoisotopic (exact) mass is 417 g/mol. The zero-order chi connectivity index (χ0) is 20.3. The molecule has 0 aliphatic rings.